The Morgan fingerprint density at radius 3 is 2.80 bits per heavy atom. The molecule has 3 N–H and O–H groups in total. The van der Waals surface area contributed by atoms with Crippen LogP contribution in [0.3, 0.4) is 0 Å². The molecule has 1 aromatic heterocycles. The number of hydrogen-bond donors (Lipinski definition) is 2. The first-order valence-corrected chi connectivity index (χ1v) is 7.62. The Morgan fingerprint density at radius 2 is 2.25 bits per heavy atom. The minimum absolute atomic E-state index is 0.410. The van der Waals surface area contributed by atoms with Gasteiger partial charge in [-0.05, 0) is 39.7 Å². The van der Waals surface area contributed by atoms with Crippen molar-refractivity contribution in [1.29, 1.82) is 0 Å². The van der Waals surface area contributed by atoms with Crippen LogP contribution in [-0.2, 0) is 7.05 Å². The first-order valence-electron chi connectivity index (χ1n) is 7.21. The molecule has 0 spiro atoms. The molecule has 112 valence electrons. The van der Waals surface area contributed by atoms with E-state index in [1.807, 2.05) is 18.7 Å². The van der Waals surface area contributed by atoms with Crippen LogP contribution in [0, 0.1) is 12.8 Å². The fourth-order valence-electron chi connectivity index (χ4n) is 2.90. The largest absolute Gasteiger partial charge is 0.389 e. The van der Waals surface area contributed by atoms with Gasteiger partial charge in [-0.2, -0.15) is 5.10 Å². The van der Waals surface area contributed by atoms with Crippen molar-refractivity contribution in [3.8, 4) is 0 Å². The van der Waals surface area contributed by atoms with E-state index < -0.39 is 0 Å². The zero-order valence-electron chi connectivity index (χ0n) is 12.8. The van der Waals surface area contributed by atoms with Gasteiger partial charge in [0.1, 0.15) is 10.8 Å². The summed E-state index contributed by atoms with van der Waals surface area (Å²) in [6, 6.07) is 0.631. The molecule has 5 nitrogen and oxygen atoms in total. The van der Waals surface area contributed by atoms with Gasteiger partial charge in [0.25, 0.3) is 0 Å². The highest BCUT2D eigenvalue weighted by Crippen LogP contribution is 2.22. The number of aryl methyl sites for hydroxylation is 2. The summed E-state index contributed by atoms with van der Waals surface area (Å²) in [6.45, 7) is 9.74. The number of nitrogens with two attached hydrogens (primary N) is 1. The number of hydrogen-bond acceptors (Lipinski definition) is 4. The maximum absolute atomic E-state index is 5.80. The molecule has 1 unspecified atom stereocenters. The zero-order valence-corrected chi connectivity index (χ0v) is 13.6. The number of anilines is 1. The third kappa shape index (κ3) is 3.12. The molecule has 1 atom stereocenters. The summed E-state index contributed by atoms with van der Waals surface area (Å²) in [5, 5.41) is 7.89. The highest BCUT2D eigenvalue weighted by molar-refractivity contribution is 7.80. The van der Waals surface area contributed by atoms with E-state index in [0.29, 0.717) is 16.9 Å². The summed E-state index contributed by atoms with van der Waals surface area (Å²) < 4.78 is 1.83. The minimum Gasteiger partial charge on any atom is -0.389 e. The van der Waals surface area contributed by atoms with Crippen LogP contribution in [0.5, 0.6) is 0 Å². The van der Waals surface area contributed by atoms with E-state index in [1.54, 1.807) is 0 Å². The third-order valence-electron chi connectivity index (χ3n) is 4.07. The maximum atomic E-state index is 5.80. The summed E-state index contributed by atoms with van der Waals surface area (Å²) in [7, 11) is 1.92. The molecule has 2 rings (SSSR count). The van der Waals surface area contributed by atoms with Gasteiger partial charge < -0.3 is 16.0 Å². The van der Waals surface area contributed by atoms with Crippen molar-refractivity contribution in [3.63, 3.8) is 0 Å². The van der Waals surface area contributed by atoms with Gasteiger partial charge in [-0.3, -0.25) is 4.68 Å². The first kappa shape index (κ1) is 15.3. The van der Waals surface area contributed by atoms with Crippen LogP contribution >= 0.6 is 12.2 Å². The minimum atomic E-state index is 0.410. The molecular weight excluding hydrogens is 270 g/mol. The number of rotatable bonds is 5. The van der Waals surface area contributed by atoms with Crippen LogP contribution < -0.4 is 11.1 Å². The Bertz CT molecular complexity index is 494. The summed E-state index contributed by atoms with van der Waals surface area (Å²) in [5.74, 6) is 1.62. The van der Waals surface area contributed by atoms with Gasteiger partial charge in [-0.1, -0.05) is 12.2 Å². The molecule has 2 heterocycles. The van der Waals surface area contributed by atoms with E-state index >= 15 is 0 Å². The molecule has 0 aliphatic carbocycles. The molecule has 0 radical (unpaired) electrons. The molecule has 0 aromatic carbocycles. The van der Waals surface area contributed by atoms with Crippen LogP contribution in [0.2, 0.25) is 0 Å². The Labute approximate surface area is 126 Å². The standard InChI is InChI=1S/C14H25N5S/c1-9(2)19-6-5-11(8-19)7-16-14-12(13(15)20)10(3)17-18(14)4/h9,11,16H,5-8H2,1-4H3,(H2,15,20). The predicted octanol–water partition coefficient (Wildman–Crippen LogP) is 1.50. The van der Waals surface area contributed by atoms with Crippen molar-refractivity contribution in [3.05, 3.63) is 11.3 Å². The first-order chi connectivity index (χ1) is 9.40. The molecule has 1 aliphatic rings. The molecule has 1 aromatic rings. The number of nitrogens with zero attached hydrogens (tertiary/aromatic N) is 3. The van der Waals surface area contributed by atoms with Gasteiger partial charge in [0.2, 0.25) is 0 Å². The highest BCUT2D eigenvalue weighted by atomic mass is 32.1. The smallest absolute Gasteiger partial charge is 0.134 e. The van der Waals surface area contributed by atoms with Crippen LogP contribution in [0.1, 0.15) is 31.5 Å². The van der Waals surface area contributed by atoms with Gasteiger partial charge in [0.05, 0.1) is 11.3 Å². The Hall–Kier alpha value is -1.14. The second-order valence-electron chi connectivity index (χ2n) is 5.92. The summed E-state index contributed by atoms with van der Waals surface area (Å²) in [4.78, 5) is 2.93. The molecular formula is C14H25N5S. The van der Waals surface area contributed by atoms with E-state index in [9.17, 15) is 0 Å². The SMILES string of the molecule is Cc1nn(C)c(NCC2CCN(C(C)C)C2)c1C(N)=S. The molecule has 6 heteroatoms. The monoisotopic (exact) mass is 295 g/mol. The zero-order chi connectivity index (χ0) is 14.9. The van der Waals surface area contributed by atoms with E-state index in [2.05, 4.69) is 29.2 Å². The van der Waals surface area contributed by atoms with Gasteiger partial charge in [-0.15, -0.1) is 0 Å². The van der Waals surface area contributed by atoms with Crippen molar-refractivity contribution in [2.24, 2.45) is 18.7 Å². The lowest BCUT2D eigenvalue weighted by Crippen LogP contribution is -2.29. The number of likely N-dealkylation sites (tertiary alicyclic amines) is 1. The predicted molar refractivity (Wildman–Crippen MR) is 87.1 cm³/mol. The van der Waals surface area contributed by atoms with E-state index in [0.717, 1.165) is 30.2 Å². The van der Waals surface area contributed by atoms with Gasteiger partial charge in [0.15, 0.2) is 0 Å². The number of nitrogens with one attached hydrogen (secondary N) is 1. The fourth-order valence-corrected chi connectivity index (χ4v) is 3.14. The van der Waals surface area contributed by atoms with Crippen molar-refractivity contribution < 1.29 is 0 Å². The van der Waals surface area contributed by atoms with E-state index in [4.69, 9.17) is 18.0 Å². The molecule has 0 amide bonds. The average molecular weight is 295 g/mol. The second kappa shape index (κ2) is 6.10. The van der Waals surface area contributed by atoms with Gasteiger partial charge in [0, 0.05) is 26.2 Å². The van der Waals surface area contributed by atoms with Crippen LogP contribution in [0.15, 0.2) is 0 Å². The molecule has 0 bridgehead atoms. The lowest BCUT2D eigenvalue weighted by atomic mass is 10.1. The Kier molecular flexibility index (Phi) is 4.65. The number of aromatic nitrogens is 2. The molecule has 1 saturated heterocycles. The molecule has 1 aliphatic heterocycles. The molecule has 20 heavy (non-hydrogen) atoms. The molecule has 0 saturated carbocycles. The summed E-state index contributed by atoms with van der Waals surface area (Å²) >= 11 is 5.13. The molecule has 1 fully saturated rings. The average Bonchev–Trinajstić information content (AvgIpc) is 2.91. The summed E-state index contributed by atoms with van der Waals surface area (Å²) in [5.41, 5.74) is 7.57. The van der Waals surface area contributed by atoms with Gasteiger partial charge in [-0.25, -0.2) is 0 Å². The van der Waals surface area contributed by atoms with Gasteiger partial charge >= 0.3 is 0 Å². The second-order valence-corrected chi connectivity index (χ2v) is 6.36. The lowest BCUT2D eigenvalue weighted by molar-refractivity contribution is 0.266. The normalized spacial score (nSPS) is 19.8. The lowest BCUT2D eigenvalue weighted by Gasteiger charge is -2.20. The topological polar surface area (TPSA) is 59.1 Å². The van der Waals surface area contributed by atoms with Crippen molar-refractivity contribution in [2.75, 3.05) is 25.0 Å². The highest BCUT2D eigenvalue weighted by Gasteiger charge is 2.25. The number of thiocarbonyl (C=S) groups is 1. The third-order valence-corrected chi connectivity index (χ3v) is 4.28. The van der Waals surface area contributed by atoms with Crippen LogP contribution in [0.4, 0.5) is 5.82 Å². The van der Waals surface area contributed by atoms with Crippen molar-refractivity contribution in [1.82, 2.24) is 14.7 Å². The van der Waals surface area contributed by atoms with Crippen molar-refractivity contribution >= 4 is 23.0 Å². The Morgan fingerprint density at radius 1 is 1.55 bits per heavy atom. The fraction of sp³-hybridized carbons (Fsp3) is 0.714. The van der Waals surface area contributed by atoms with E-state index in [1.165, 1.54) is 13.0 Å². The quantitative estimate of drug-likeness (QED) is 0.806. The summed E-state index contributed by atoms with van der Waals surface area (Å²) in [6.07, 6.45) is 1.24. The van der Waals surface area contributed by atoms with Crippen LogP contribution in [-0.4, -0.2) is 45.3 Å². The van der Waals surface area contributed by atoms with E-state index in [-0.39, 0.29) is 0 Å². The van der Waals surface area contributed by atoms with Crippen molar-refractivity contribution in [2.45, 2.75) is 33.2 Å². The van der Waals surface area contributed by atoms with Crippen LogP contribution in [0.25, 0.3) is 0 Å². The Balaban J connectivity index is 2.00. The maximum Gasteiger partial charge on any atom is 0.134 e.